The molecule has 0 radical (unpaired) electrons. The SMILES string of the molecule is COc1cccc(-c2noc3ncnc(NCc4cccc(Cl)c4)c23)c1. The number of nitrogens with zero attached hydrogens (tertiary/aromatic N) is 3. The van der Waals surface area contributed by atoms with E-state index in [2.05, 4.69) is 20.4 Å². The molecule has 0 aliphatic carbocycles. The smallest absolute Gasteiger partial charge is 0.263 e. The van der Waals surface area contributed by atoms with Gasteiger partial charge in [0.05, 0.1) is 7.11 Å². The predicted molar refractivity (Wildman–Crippen MR) is 100 cm³/mol. The largest absolute Gasteiger partial charge is 0.497 e. The molecule has 4 rings (SSSR count). The summed E-state index contributed by atoms with van der Waals surface area (Å²) in [4.78, 5) is 8.53. The van der Waals surface area contributed by atoms with E-state index in [-0.39, 0.29) is 0 Å². The molecule has 0 aliphatic rings. The Morgan fingerprint density at radius 1 is 1.12 bits per heavy atom. The Bertz CT molecular complexity index is 1060. The van der Waals surface area contributed by atoms with Crippen LogP contribution in [0.2, 0.25) is 5.02 Å². The van der Waals surface area contributed by atoms with E-state index < -0.39 is 0 Å². The fourth-order valence-corrected chi connectivity index (χ4v) is 2.93. The maximum atomic E-state index is 6.05. The monoisotopic (exact) mass is 366 g/mol. The molecule has 0 aliphatic heterocycles. The number of methoxy groups -OCH3 is 1. The number of nitrogens with one attached hydrogen (secondary N) is 1. The molecule has 130 valence electrons. The second-order valence-electron chi connectivity index (χ2n) is 5.65. The lowest BCUT2D eigenvalue weighted by molar-refractivity contribution is 0.415. The van der Waals surface area contributed by atoms with Crippen molar-refractivity contribution in [2.75, 3.05) is 12.4 Å². The van der Waals surface area contributed by atoms with Crippen molar-refractivity contribution in [3.63, 3.8) is 0 Å². The number of anilines is 1. The van der Waals surface area contributed by atoms with Crippen molar-refractivity contribution >= 4 is 28.5 Å². The van der Waals surface area contributed by atoms with Crippen LogP contribution in [0.15, 0.2) is 59.4 Å². The summed E-state index contributed by atoms with van der Waals surface area (Å²) >= 11 is 6.05. The van der Waals surface area contributed by atoms with E-state index in [9.17, 15) is 0 Å². The molecular formula is C19H15ClN4O2. The Morgan fingerprint density at radius 3 is 2.85 bits per heavy atom. The molecule has 2 heterocycles. The number of hydrogen-bond donors (Lipinski definition) is 1. The minimum Gasteiger partial charge on any atom is -0.497 e. The van der Waals surface area contributed by atoms with Gasteiger partial charge in [-0.1, -0.05) is 41.0 Å². The Kier molecular flexibility index (Phi) is 4.41. The maximum Gasteiger partial charge on any atom is 0.263 e. The van der Waals surface area contributed by atoms with Crippen LogP contribution in [-0.4, -0.2) is 22.2 Å². The molecule has 2 aromatic carbocycles. The fraction of sp³-hybridized carbons (Fsp3) is 0.105. The van der Waals surface area contributed by atoms with Crippen LogP contribution in [0, 0.1) is 0 Å². The first kappa shape index (κ1) is 16.4. The first-order valence-electron chi connectivity index (χ1n) is 7.98. The van der Waals surface area contributed by atoms with Crippen LogP contribution < -0.4 is 10.1 Å². The highest BCUT2D eigenvalue weighted by Gasteiger charge is 2.17. The van der Waals surface area contributed by atoms with Gasteiger partial charge < -0.3 is 14.6 Å². The fourth-order valence-electron chi connectivity index (χ4n) is 2.72. The topological polar surface area (TPSA) is 73.1 Å². The molecule has 0 bridgehead atoms. The molecule has 0 saturated carbocycles. The standard InChI is InChI=1S/C19H15ClN4O2/c1-25-15-7-3-5-13(9-15)17-16-18(22-11-23-19(16)26-24-17)21-10-12-4-2-6-14(20)8-12/h2-9,11H,10H2,1H3,(H,21,22,23). The molecule has 0 spiro atoms. The van der Waals surface area contributed by atoms with Gasteiger partial charge in [-0.3, -0.25) is 0 Å². The third-order valence-corrected chi connectivity index (χ3v) is 4.20. The van der Waals surface area contributed by atoms with Crippen LogP contribution in [0.5, 0.6) is 5.75 Å². The van der Waals surface area contributed by atoms with E-state index in [1.165, 1.54) is 6.33 Å². The molecule has 2 aromatic heterocycles. The Hall–Kier alpha value is -3.12. The molecule has 0 amide bonds. The second kappa shape index (κ2) is 7.01. The van der Waals surface area contributed by atoms with E-state index in [0.717, 1.165) is 22.3 Å². The minimum atomic E-state index is 0.423. The molecule has 0 atom stereocenters. The van der Waals surface area contributed by atoms with Gasteiger partial charge in [0.1, 0.15) is 29.0 Å². The van der Waals surface area contributed by atoms with Crippen molar-refractivity contribution in [3.05, 3.63) is 65.4 Å². The van der Waals surface area contributed by atoms with Gasteiger partial charge in [0.15, 0.2) is 0 Å². The zero-order chi connectivity index (χ0) is 17.9. The quantitative estimate of drug-likeness (QED) is 0.558. The predicted octanol–water partition coefficient (Wildman–Crippen LogP) is 4.56. The molecule has 0 unspecified atom stereocenters. The average molecular weight is 367 g/mol. The van der Waals surface area contributed by atoms with E-state index in [1.807, 2.05) is 48.5 Å². The number of fused-ring (bicyclic) bond motifs is 1. The lowest BCUT2D eigenvalue weighted by atomic mass is 10.1. The zero-order valence-corrected chi connectivity index (χ0v) is 14.7. The van der Waals surface area contributed by atoms with Crippen LogP contribution in [0.25, 0.3) is 22.4 Å². The second-order valence-corrected chi connectivity index (χ2v) is 6.09. The summed E-state index contributed by atoms with van der Waals surface area (Å²) in [6.07, 6.45) is 1.45. The highest BCUT2D eigenvalue weighted by molar-refractivity contribution is 6.30. The molecule has 0 fully saturated rings. The summed E-state index contributed by atoms with van der Waals surface area (Å²) in [6, 6.07) is 15.3. The molecule has 0 saturated heterocycles. The van der Waals surface area contributed by atoms with Crippen molar-refractivity contribution in [3.8, 4) is 17.0 Å². The highest BCUT2D eigenvalue weighted by atomic mass is 35.5. The molecule has 4 aromatic rings. The van der Waals surface area contributed by atoms with Gasteiger partial charge in [-0.15, -0.1) is 0 Å². The van der Waals surface area contributed by atoms with Gasteiger partial charge in [-0.25, -0.2) is 4.98 Å². The summed E-state index contributed by atoms with van der Waals surface area (Å²) in [5.41, 5.74) is 2.99. The van der Waals surface area contributed by atoms with Crippen molar-refractivity contribution in [1.82, 2.24) is 15.1 Å². The number of benzene rings is 2. The van der Waals surface area contributed by atoms with Crippen LogP contribution in [0.4, 0.5) is 5.82 Å². The molecule has 7 heteroatoms. The highest BCUT2D eigenvalue weighted by Crippen LogP contribution is 2.32. The average Bonchev–Trinajstić information content (AvgIpc) is 3.11. The van der Waals surface area contributed by atoms with Crippen molar-refractivity contribution < 1.29 is 9.26 Å². The van der Waals surface area contributed by atoms with Gasteiger partial charge in [0.2, 0.25) is 0 Å². The Balaban J connectivity index is 1.72. The summed E-state index contributed by atoms with van der Waals surface area (Å²) in [5.74, 6) is 1.39. The zero-order valence-electron chi connectivity index (χ0n) is 13.9. The lowest BCUT2D eigenvalue weighted by Gasteiger charge is -2.07. The maximum absolute atomic E-state index is 6.05. The first-order valence-corrected chi connectivity index (χ1v) is 8.35. The summed E-state index contributed by atoms with van der Waals surface area (Å²) in [7, 11) is 1.63. The Labute approximate surface area is 154 Å². The van der Waals surface area contributed by atoms with Crippen molar-refractivity contribution in [2.45, 2.75) is 6.54 Å². The van der Waals surface area contributed by atoms with Gasteiger partial charge in [0, 0.05) is 17.1 Å². The molecule has 1 N–H and O–H groups in total. The van der Waals surface area contributed by atoms with Crippen LogP contribution in [-0.2, 0) is 6.54 Å². The number of rotatable bonds is 5. The van der Waals surface area contributed by atoms with E-state index in [4.69, 9.17) is 20.9 Å². The van der Waals surface area contributed by atoms with E-state index in [0.29, 0.717) is 28.8 Å². The van der Waals surface area contributed by atoms with Gasteiger partial charge in [-0.05, 0) is 29.8 Å². The number of hydrogen-bond acceptors (Lipinski definition) is 6. The third kappa shape index (κ3) is 3.19. The molecule has 6 nitrogen and oxygen atoms in total. The van der Waals surface area contributed by atoms with Gasteiger partial charge in [0.25, 0.3) is 5.71 Å². The normalized spacial score (nSPS) is 10.8. The van der Waals surface area contributed by atoms with E-state index >= 15 is 0 Å². The van der Waals surface area contributed by atoms with Crippen LogP contribution in [0.3, 0.4) is 0 Å². The van der Waals surface area contributed by atoms with Crippen LogP contribution >= 0.6 is 11.6 Å². The first-order chi connectivity index (χ1) is 12.7. The van der Waals surface area contributed by atoms with Gasteiger partial charge in [-0.2, -0.15) is 4.98 Å². The van der Waals surface area contributed by atoms with Crippen molar-refractivity contribution in [2.24, 2.45) is 0 Å². The summed E-state index contributed by atoms with van der Waals surface area (Å²) in [6.45, 7) is 0.565. The summed E-state index contributed by atoms with van der Waals surface area (Å²) < 4.78 is 10.7. The van der Waals surface area contributed by atoms with Crippen LogP contribution in [0.1, 0.15) is 5.56 Å². The van der Waals surface area contributed by atoms with Crippen molar-refractivity contribution in [1.29, 1.82) is 0 Å². The minimum absolute atomic E-state index is 0.423. The number of ether oxygens (including phenoxy) is 1. The summed E-state index contributed by atoms with van der Waals surface area (Å²) in [5, 5.41) is 8.91. The van der Waals surface area contributed by atoms with Gasteiger partial charge >= 0.3 is 0 Å². The number of aromatic nitrogens is 3. The molecule has 26 heavy (non-hydrogen) atoms. The third-order valence-electron chi connectivity index (χ3n) is 3.96. The Morgan fingerprint density at radius 2 is 2.00 bits per heavy atom. The van der Waals surface area contributed by atoms with E-state index in [1.54, 1.807) is 7.11 Å². The molecular weight excluding hydrogens is 352 g/mol. The number of halogens is 1. The lowest BCUT2D eigenvalue weighted by Crippen LogP contribution is -2.02.